The van der Waals surface area contributed by atoms with Gasteiger partial charge in [-0.15, -0.1) is 0 Å². The molecule has 2 aromatic rings. The Morgan fingerprint density at radius 2 is 1.15 bits per heavy atom. The number of aromatic amines is 2. The van der Waals surface area contributed by atoms with Crippen molar-refractivity contribution in [3.63, 3.8) is 0 Å². The Kier molecular flexibility index (Phi) is 10.7. The predicted molar refractivity (Wildman–Crippen MR) is 160 cm³/mol. The van der Waals surface area contributed by atoms with E-state index in [1.807, 2.05) is 0 Å². The number of halogens is 2. The summed E-state index contributed by atoms with van der Waals surface area (Å²) >= 11 is 0. The van der Waals surface area contributed by atoms with Crippen molar-refractivity contribution in [2.24, 2.45) is 0 Å². The lowest BCUT2D eigenvalue weighted by atomic mass is 9.87. The molecule has 4 nitrogen and oxygen atoms in total. The number of aromatic nitrogens is 2. The second-order valence-electron chi connectivity index (χ2n) is 11.4. The molecule has 1 aliphatic carbocycles. The SMILES string of the molecule is CCC1=C(C)C(CC2=[NH+]/C(=C\c3[nH]c(C)c(CC)c3C)C3=C2CCCC3)=[NH+]/C1=C\c1[nH]c(C)c(CC)c1C.[Br-].[Br-]. The van der Waals surface area contributed by atoms with Gasteiger partial charge in [-0.05, 0) is 102 Å². The Morgan fingerprint density at radius 3 is 1.65 bits per heavy atom. The van der Waals surface area contributed by atoms with Crippen LogP contribution in [0.1, 0.15) is 111 Å². The number of rotatable bonds is 7. The first-order valence-corrected chi connectivity index (χ1v) is 14.8. The molecule has 4 N–H and O–H groups in total. The Bertz CT molecular complexity index is 1480. The Morgan fingerprint density at radius 1 is 0.650 bits per heavy atom. The molecule has 0 radical (unpaired) electrons. The second kappa shape index (κ2) is 13.2. The fourth-order valence-corrected chi connectivity index (χ4v) is 7.04. The normalized spacial score (nSPS) is 18.8. The third-order valence-electron chi connectivity index (χ3n) is 9.21. The first-order chi connectivity index (χ1) is 18.3. The van der Waals surface area contributed by atoms with Crippen LogP contribution in [-0.4, -0.2) is 21.4 Å². The van der Waals surface area contributed by atoms with Crippen LogP contribution in [0.25, 0.3) is 12.2 Å². The molecule has 40 heavy (non-hydrogen) atoms. The third kappa shape index (κ3) is 5.76. The molecule has 216 valence electrons. The van der Waals surface area contributed by atoms with E-state index in [-0.39, 0.29) is 34.0 Å². The molecule has 0 atom stereocenters. The van der Waals surface area contributed by atoms with Crippen molar-refractivity contribution in [2.45, 2.75) is 107 Å². The minimum Gasteiger partial charge on any atom is -1.00 e. The fraction of sp³-hybridized carbons (Fsp3) is 0.471. The Labute approximate surface area is 261 Å². The highest BCUT2D eigenvalue weighted by Gasteiger charge is 2.36. The van der Waals surface area contributed by atoms with E-state index >= 15 is 0 Å². The van der Waals surface area contributed by atoms with Crippen LogP contribution in [0.2, 0.25) is 0 Å². The molecule has 2 aromatic heterocycles. The van der Waals surface area contributed by atoms with Gasteiger partial charge < -0.3 is 43.9 Å². The van der Waals surface area contributed by atoms with Gasteiger partial charge in [0.25, 0.3) is 0 Å². The van der Waals surface area contributed by atoms with Crippen molar-refractivity contribution in [2.75, 3.05) is 0 Å². The number of allylic oxidation sites excluding steroid dienone is 4. The molecule has 6 heteroatoms. The molecule has 0 fully saturated rings. The highest BCUT2D eigenvalue weighted by atomic mass is 79.9. The maximum atomic E-state index is 3.90. The van der Waals surface area contributed by atoms with E-state index in [9.17, 15) is 0 Å². The number of nitrogens with one attached hydrogen (secondary N) is 4. The zero-order valence-electron chi connectivity index (χ0n) is 25.6. The predicted octanol–water partition coefficient (Wildman–Crippen LogP) is -0.851. The van der Waals surface area contributed by atoms with Gasteiger partial charge in [0.15, 0.2) is 11.4 Å². The summed E-state index contributed by atoms with van der Waals surface area (Å²) in [6.45, 7) is 18.0. The minimum absolute atomic E-state index is 0. The minimum atomic E-state index is 0. The van der Waals surface area contributed by atoms with E-state index in [2.05, 4.69) is 87.5 Å². The summed E-state index contributed by atoms with van der Waals surface area (Å²) in [6.07, 6.45) is 13.7. The van der Waals surface area contributed by atoms with Gasteiger partial charge in [0.2, 0.25) is 11.4 Å². The van der Waals surface area contributed by atoms with E-state index in [0.29, 0.717) is 0 Å². The second-order valence-corrected chi connectivity index (χ2v) is 11.4. The van der Waals surface area contributed by atoms with Crippen LogP contribution in [-0.2, 0) is 12.8 Å². The summed E-state index contributed by atoms with van der Waals surface area (Å²) in [5.74, 6) is 0. The molecule has 0 aromatic carbocycles. The van der Waals surface area contributed by atoms with Crippen molar-refractivity contribution in [3.8, 4) is 0 Å². The molecular weight excluding hydrogens is 624 g/mol. The molecule has 2 aliphatic heterocycles. The maximum absolute atomic E-state index is 3.90. The van der Waals surface area contributed by atoms with Gasteiger partial charge in [0, 0.05) is 57.2 Å². The van der Waals surface area contributed by atoms with Gasteiger partial charge in [-0.3, -0.25) is 0 Å². The molecule has 3 aliphatic rings. The van der Waals surface area contributed by atoms with Crippen molar-refractivity contribution in [1.29, 1.82) is 0 Å². The van der Waals surface area contributed by atoms with E-state index in [4.69, 9.17) is 0 Å². The van der Waals surface area contributed by atoms with Crippen molar-refractivity contribution >= 4 is 23.6 Å². The molecule has 0 unspecified atom stereocenters. The van der Waals surface area contributed by atoms with Gasteiger partial charge in [-0.25, -0.2) is 9.98 Å². The molecular formula is C34H46Br2N4. The summed E-state index contributed by atoms with van der Waals surface area (Å²) < 4.78 is 0. The lowest BCUT2D eigenvalue weighted by Gasteiger charge is -2.11. The third-order valence-corrected chi connectivity index (χ3v) is 9.21. The van der Waals surface area contributed by atoms with Gasteiger partial charge in [-0.1, -0.05) is 20.8 Å². The summed E-state index contributed by atoms with van der Waals surface area (Å²) in [6, 6.07) is 0. The maximum Gasteiger partial charge on any atom is 0.209 e. The van der Waals surface area contributed by atoms with Crippen LogP contribution in [0.5, 0.6) is 0 Å². The van der Waals surface area contributed by atoms with E-state index < -0.39 is 0 Å². The first-order valence-electron chi connectivity index (χ1n) is 14.8. The van der Waals surface area contributed by atoms with E-state index in [1.165, 1.54) is 110 Å². The molecule has 0 saturated carbocycles. The summed E-state index contributed by atoms with van der Waals surface area (Å²) in [5.41, 5.74) is 22.0. The first kappa shape index (κ1) is 32.3. The van der Waals surface area contributed by atoms with E-state index in [0.717, 1.165) is 25.7 Å². The quantitative estimate of drug-likeness (QED) is 0.297. The zero-order chi connectivity index (χ0) is 27.1. The summed E-state index contributed by atoms with van der Waals surface area (Å²) in [5, 5.41) is 0. The lowest BCUT2D eigenvalue weighted by molar-refractivity contribution is -0.393. The van der Waals surface area contributed by atoms with Crippen LogP contribution in [0.4, 0.5) is 0 Å². The number of hydrogen-bond acceptors (Lipinski definition) is 0. The largest absolute Gasteiger partial charge is 1.00 e. The molecule has 0 spiro atoms. The van der Waals surface area contributed by atoms with Crippen molar-refractivity contribution in [1.82, 2.24) is 9.97 Å². The highest BCUT2D eigenvalue weighted by molar-refractivity contribution is 6.15. The zero-order valence-corrected chi connectivity index (χ0v) is 28.7. The fourth-order valence-electron chi connectivity index (χ4n) is 7.04. The Hall–Kier alpha value is -2.18. The molecule has 5 rings (SSSR count). The van der Waals surface area contributed by atoms with Crippen LogP contribution >= 0.6 is 0 Å². The number of aryl methyl sites for hydroxylation is 2. The van der Waals surface area contributed by atoms with Crippen molar-refractivity contribution < 1.29 is 43.9 Å². The summed E-state index contributed by atoms with van der Waals surface area (Å²) in [7, 11) is 0. The molecule has 4 heterocycles. The van der Waals surface area contributed by atoms with Crippen LogP contribution < -0.4 is 43.9 Å². The van der Waals surface area contributed by atoms with Crippen LogP contribution in [0.15, 0.2) is 33.7 Å². The molecule has 0 bridgehead atoms. The number of hydrogen-bond donors (Lipinski definition) is 4. The average Bonchev–Trinajstić information content (AvgIpc) is 3.57. The number of H-pyrrole nitrogens is 2. The molecule has 0 amide bonds. The van der Waals surface area contributed by atoms with Gasteiger partial charge >= 0.3 is 0 Å². The molecule has 0 saturated heterocycles. The topological polar surface area (TPSA) is 59.5 Å². The standard InChI is InChI=1S/C34H44N4.2BrH/c1-9-24-19(4)29(35-22(24)7)16-32-26(11-3)21(6)31(37-32)18-34-28-15-13-12-14-27(28)33(38-34)17-30-20(5)25(10-2)23(8)36-30;;/h16-17,35-36H,9-15,18H2,1-8H3;2*1H/b32-16-,33-17-;;. The van der Waals surface area contributed by atoms with Gasteiger partial charge in [0.1, 0.15) is 6.42 Å². The smallest absolute Gasteiger partial charge is 0.209 e. The van der Waals surface area contributed by atoms with Crippen LogP contribution in [0, 0.1) is 27.7 Å². The highest BCUT2D eigenvalue weighted by Crippen LogP contribution is 2.33. The van der Waals surface area contributed by atoms with Crippen LogP contribution in [0.3, 0.4) is 0 Å². The average molecular weight is 671 g/mol. The monoisotopic (exact) mass is 668 g/mol. The van der Waals surface area contributed by atoms with Gasteiger partial charge in [-0.2, -0.15) is 0 Å². The Balaban J connectivity index is 0.00000220. The van der Waals surface area contributed by atoms with Crippen molar-refractivity contribution in [3.05, 3.63) is 78.7 Å². The van der Waals surface area contributed by atoms with E-state index in [1.54, 1.807) is 5.57 Å². The summed E-state index contributed by atoms with van der Waals surface area (Å²) in [4.78, 5) is 15.0. The van der Waals surface area contributed by atoms with Gasteiger partial charge in [0.05, 0.1) is 0 Å². The lowest BCUT2D eigenvalue weighted by Crippen LogP contribution is -3.00.